The minimum absolute atomic E-state index is 0.0806. The molecule has 0 aromatic heterocycles. The Hall–Kier alpha value is -1.34. The molecule has 4 nitrogen and oxygen atoms in total. The number of hydrogen-bond acceptors (Lipinski definition) is 3. The van der Waals surface area contributed by atoms with Crippen LogP contribution in [0.15, 0.2) is 40.9 Å². The minimum Gasteiger partial charge on any atom is -0.505 e. The van der Waals surface area contributed by atoms with Crippen LogP contribution in [0, 0.1) is 0 Å². The van der Waals surface area contributed by atoms with Gasteiger partial charge in [-0.15, -0.1) is 0 Å². The summed E-state index contributed by atoms with van der Waals surface area (Å²) in [6.45, 7) is 0. The molecule has 0 atom stereocenters. The monoisotopic (exact) mass is 418 g/mol. The molecule has 0 saturated heterocycles. The molecule has 114 valence electrons. The molecule has 2 rings (SSSR count). The van der Waals surface area contributed by atoms with E-state index >= 15 is 0 Å². The normalized spacial score (nSPS) is 10.1. The zero-order valence-electron chi connectivity index (χ0n) is 10.9. The van der Waals surface area contributed by atoms with Crippen LogP contribution in [0.1, 0.15) is 10.4 Å². The zero-order chi connectivity index (χ0) is 16.3. The van der Waals surface area contributed by atoms with Crippen LogP contribution in [0.4, 0.5) is 5.69 Å². The molecule has 0 radical (unpaired) electrons. The second-order valence-electron chi connectivity index (χ2n) is 4.20. The first-order valence-corrected chi connectivity index (χ1v) is 7.88. The quantitative estimate of drug-likeness (QED) is 0.492. The second-order valence-corrected chi connectivity index (χ2v) is 6.34. The summed E-state index contributed by atoms with van der Waals surface area (Å²) in [5.41, 5.74) is 0.919. The Morgan fingerprint density at radius 1 is 1.14 bits per heavy atom. The van der Waals surface area contributed by atoms with E-state index < -0.39 is 0 Å². The standard InChI is InChI=1S/C14H9BrCl2N2O2S/c15-8-3-1-7(2-4-8)13(21)19-14(22)18-9-5-10(16)12(20)11(17)6-9/h1-6,20H,(H2,18,19,21,22). The van der Waals surface area contributed by atoms with E-state index in [1.807, 2.05) is 0 Å². The number of benzene rings is 2. The average molecular weight is 420 g/mol. The summed E-state index contributed by atoms with van der Waals surface area (Å²) in [7, 11) is 0. The lowest BCUT2D eigenvalue weighted by atomic mass is 10.2. The number of carbonyl (C=O) groups is 1. The van der Waals surface area contributed by atoms with Crippen molar-refractivity contribution >= 4 is 68.1 Å². The van der Waals surface area contributed by atoms with Gasteiger partial charge in [0.25, 0.3) is 5.91 Å². The molecule has 0 aliphatic carbocycles. The van der Waals surface area contributed by atoms with Gasteiger partial charge in [0, 0.05) is 15.7 Å². The molecule has 0 saturated carbocycles. The highest BCUT2D eigenvalue weighted by Crippen LogP contribution is 2.34. The Kier molecular flexibility index (Phi) is 5.63. The predicted molar refractivity (Wildman–Crippen MR) is 96.0 cm³/mol. The summed E-state index contributed by atoms with van der Waals surface area (Å²) >= 11 is 20.0. The highest BCUT2D eigenvalue weighted by atomic mass is 79.9. The maximum Gasteiger partial charge on any atom is 0.257 e. The van der Waals surface area contributed by atoms with E-state index in [1.54, 1.807) is 24.3 Å². The van der Waals surface area contributed by atoms with Gasteiger partial charge < -0.3 is 10.4 Å². The lowest BCUT2D eigenvalue weighted by Crippen LogP contribution is -2.34. The Morgan fingerprint density at radius 2 is 1.68 bits per heavy atom. The van der Waals surface area contributed by atoms with Crippen molar-refractivity contribution in [3.8, 4) is 5.75 Å². The van der Waals surface area contributed by atoms with Crippen molar-refractivity contribution in [3.63, 3.8) is 0 Å². The third-order valence-corrected chi connectivity index (χ3v) is 3.92. The third-order valence-electron chi connectivity index (χ3n) is 2.61. The Balaban J connectivity index is 2.04. The van der Waals surface area contributed by atoms with Crippen LogP contribution < -0.4 is 10.6 Å². The molecule has 8 heteroatoms. The molecule has 0 spiro atoms. The molecule has 22 heavy (non-hydrogen) atoms. The van der Waals surface area contributed by atoms with Crippen LogP contribution in [0.2, 0.25) is 10.0 Å². The molecule has 0 heterocycles. The molecular weight excluding hydrogens is 411 g/mol. The van der Waals surface area contributed by atoms with E-state index in [2.05, 4.69) is 26.6 Å². The number of phenols is 1. The second kappa shape index (κ2) is 7.28. The minimum atomic E-state index is -0.346. The van der Waals surface area contributed by atoms with E-state index in [1.165, 1.54) is 12.1 Å². The maximum absolute atomic E-state index is 12.0. The molecule has 0 aliphatic rings. The Morgan fingerprint density at radius 3 is 2.23 bits per heavy atom. The highest BCUT2D eigenvalue weighted by molar-refractivity contribution is 9.10. The van der Waals surface area contributed by atoms with Crippen molar-refractivity contribution in [2.75, 3.05) is 5.32 Å². The van der Waals surface area contributed by atoms with Crippen LogP contribution in [-0.2, 0) is 0 Å². The molecule has 1 amide bonds. The molecule has 0 bridgehead atoms. The fourth-order valence-electron chi connectivity index (χ4n) is 1.58. The average Bonchev–Trinajstić information content (AvgIpc) is 2.45. The van der Waals surface area contributed by atoms with Gasteiger partial charge in [0.1, 0.15) is 0 Å². The van der Waals surface area contributed by atoms with Crippen LogP contribution in [0.25, 0.3) is 0 Å². The van der Waals surface area contributed by atoms with E-state index in [0.717, 1.165) is 4.47 Å². The van der Waals surface area contributed by atoms with Crippen molar-refractivity contribution in [1.29, 1.82) is 0 Å². The lowest BCUT2D eigenvalue weighted by molar-refractivity contribution is 0.0977. The molecule has 3 N–H and O–H groups in total. The van der Waals surface area contributed by atoms with Gasteiger partial charge in [0.05, 0.1) is 10.0 Å². The first-order valence-electron chi connectivity index (χ1n) is 5.92. The van der Waals surface area contributed by atoms with E-state index in [9.17, 15) is 9.90 Å². The van der Waals surface area contributed by atoms with Gasteiger partial charge in [0.15, 0.2) is 10.9 Å². The van der Waals surface area contributed by atoms with Gasteiger partial charge in [-0.25, -0.2) is 0 Å². The fourth-order valence-corrected chi connectivity index (χ4v) is 2.54. The Bertz CT molecular complexity index is 715. The third kappa shape index (κ3) is 4.33. The molecule has 2 aromatic rings. The number of amides is 1. The number of phenolic OH excluding ortho intramolecular Hbond substituents is 1. The van der Waals surface area contributed by atoms with E-state index in [0.29, 0.717) is 11.3 Å². The summed E-state index contributed by atoms with van der Waals surface area (Å²) in [6, 6.07) is 9.73. The zero-order valence-corrected chi connectivity index (χ0v) is 14.8. The summed E-state index contributed by atoms with van der Waals surface area (Å²) in [4.78, 5) is 12.0. The fraction of sp³-hybridized carbons (Fsp3) is 0. The summed E-state index contributed by atoms with van der Waals surface area (Å²) in [5.74, 6) is -0.556. The SMILES string of the molecule is O=C(NC(=S)Nc1cc(Cl)c(O)c(Cl)c1)c1ccc(Br)cc1. The number of thiocarbonyl (C=S) groups is 1. The number of halogens is 3. The topological polar surface area (TPSA) is 61.4 Å². The maximum atomic E-state index is 12.0. The van der Waals surface area contributed by atoms with E-state index in [4.69, 9.17) is 35.4 Å². The Labute approximate surface area is 150 Å². The van der Waals surface area contributed by atoms with E-state index in [-0.39, 0.29) is 26.8 Å². The van der Waals surface area contributed by atoms with Crippen molar-refractivity contribution < 1.29 is 9.90 Å². The number of aromatic hydroxyl groups is 1. The van der Waals surface area contributed by atoms with Crippen LogP contribution in [-0.4, -0.2) is 16.1 Å². The van der Waals surface area contributed by atoms with Gasteiger partial charge in [-0.1, -0.05) is 39.1 Å². The van der Waals surface area contributed by atoms with Gasteiger partial charge in [-0.05, 0) is 48.6 Å². The highest BCUT2D eigenvalue weighted by Gasteiger charge is 2.10. The first-order chi connectivity index (χ1) is 10.4. The molecule has 2 aromatic carbocycles. The number of nitrogens with one attached hydrogen (secondary N) is 2. The number of hydrogen-bond donors (Lipinski definition) is 3. The van der Waals surface area contributed by atoms with Gasteiger partial charge >= 0.3 is 0 Å². The molecular formula is C14H9BrCl2N2O2S. The summed E-state index contributed by atoms with van der Waals surface area (Å²) in [6.07, 6.45) is 0. The molecule has 0 fully saturated rings. The van der Waals surface area contributed by atoms with Crippen LogP contribution >= 0.6 is 51.3 Å². The first kappa shape index (κ1) is 17.0. The van der Waals surface area contributed by atoms with Crippen molar-refractivity contribution in [2.45, 2.75) is 0 Å². The van der Waals surface area contributed by atoms with Crippen LogP contribution in [0.3, 0.4) is 0 Å². The molecule has 0 unspecified atom stereocenters. The van der Waals surface area contributed by atoms with Gasteiger partial charge in [0.2, 0.25) is 0 Å². The number of carbonyl (C=O) groups excluding carboxylic acids is 1. The van der Waals surface area contributed by atoms with Gasteiger partial charge in [-0.2, -0.15) is 0 Å². The van der Waals surface area contributed by atoms with Gasteiger partial charge in [-0.3, -0.25) is 10.1 Å². The lowest BCUT2D eigenvalue weighted by Gasteiger charge is -2.11. The smallest absolute Gasteiger partial charge is 0.257 e. The van der Waals surface area contributed by atoms with Crippen LogP contribution in [0.5, 0.6) is 5.75 Å². The van der Waals surface area contributed by atoms with Crippen molar-refractivity contribution in [1.82, 2.24) is 5.32 Å². The summed E-state index contributed by atoms with van der Waals surface area (Å²) < 4.78 is 0.873. The largest absolute Gasteiger partial charge is 0.505 e. The molecule has 0 aliphatic heterocycles. The number of anilines is 1. The summed E-state index contributed by atoms with van der Waals surface area (Å²) in [5, 5.41) is 15.0. The van der Waals surface area contributed by atoms with Crippen molar-refractivity contribution in [3.05, 3.63) is 56.5 Å². The van der Waals surface area contributed by atoms with Crippen molar-refractivity contribution in [2.24, 2.45) is 0 Å². The predicted octanol–water partition coefficient (Wildman–Crippen LogP) is 4.59. The number of rotatable bonds is 2.